The van der Waals surface area contributed by atoms with Crippen molar-refractivity contribution >= 4 is 17.6 Å². The van der Waals surface area contributed by atoms with Gasteiger partial charge in [0.15, 0.2) is 5.82 Å². The van der Waals surface area contributed by atoms with E-state index in [1.807, 2.05) is 0 Å². The third-order valence-electron chi connectivity index (χ3n) is 4.65. The van der Waals surface area contributed by atoms with Crippen LogP contribution in [0.15, 0.2) is 10.6 Å². The van der Waals surface area contributed by atoms with Crippen LogP contribution in [0, 0.1) is 18.3 Å². The highest BCUT2D eigenvalue weighted by Gasteiger charge is 2.23. The number of aromatic nitrogens is 1. The van der Waals surface area contributed by atoms with Crippen LogP contribution in [0.4, 0.5) is 5.82 Å². The Labute approximate surface area is 169 Å². The summed E-state index contributed by atoms with van der Waals surface area (Å²) in [6, 6.07) is 1.66. The lowest BCUT2D eigenvalue weighted by atomic mass is 9.84. The third kappa shape index (κ3) is 9.35. The molecule has 0 saturated carbocycles. The molecule has 1 aromatic rings. The standard InChI is InChI=1S/C21H38N4O3/c1-8-24(9-2)10-11-25(20(27)12-16(3)14-21(5,6)7)15-19(26)22-18-13-17(4)28-23-18/h13,16H,8-12,14-15H2,1-7H3,(H,22,23,26). The van der Waals surface area contributed by atoms with Gasteiger partial charge in [-0.25, -0.2) is 0 Å². The summed E-state index contributed by atoms with van der Waals surface area (Å²) in [6.07, 6.45) is 1.42. The number of aryl methyl sites for hydroxylation is 1. The smallest absolute Gasteiger partial charge is 0.245 e. The maximum Gasteiger partial charge on any atom is 0.245 e. The van der Waals surface area contributed by atoms with Crippen LogP contribution in [0.3, 0.4) is 0 Å². The van der Waals surface area contributed by atoms with Crippen LogP contribution < -0.4 is 5.32 Å². The molecule has 0 aliphatic rings. The van der Waals surface area contributed by atoms with Crippen molar-refractivity contribution in [3.63, 3.8) is 0 Å². The van der Waals surface area contributed by atoms with Crippen molar-refractivity contribution in [3.8, 4) is 0 Å². The third-order valence-corrected chi connectivity index (χ3v) is 4.65. The molecular weight excluding hydrogens is 356 g/mol. The zero-order chi connectivity index (χ0) is 21.3. The van der Waals surface area contributed by atoms with E-state index in [0.29, 0.717) is 24.5 Å². The molecule has 2 amide bonds. The Morgan fingerprint density at radius 2 is 1.86 bits per heavy atom. The second-order valence-corrected chi connectivity index (χ2v) is 8.79. The van der Waals surface area contributed by atoms with Crippen molar-refractivity contribution < 1.29 is 14.1 Å². The van der Waals surface area contributed by atoms with E-state index in [0.717, 1.165) is 26.1 Å². The molecule has 7 heteroatoms. The Bertz CT molecular complexity index is 617. The summed E-state index contributed by atoms with van der Waals surface area (Å²) < 4.78 is 4.97. The topological polar surface area (TPSA) is 78.7 Å². The lowest BCUT2D eigenvalue weighted by molar-refractivity contribution is -0.135. The SMILES string of the molecule is CCN(CC)CCN(CC(=O)Nc1cc(C)on1)C(=O)CC(C)CC(C)(C)C. The second-order valence-electron chi connectivity index (χ2n) is 8.79. The van der Waals surface area contributed by atoms with Gasteiger partial charge in [0.2, 0.25) is 11.8 Å². The maximum absolute atomic E-state index is 12.9. The first-order valence-corrected chi connectivity index (χ1v) is 10.3. The molecule has 1 aromatic heterocycles. The molecule has 0 spiro atoms. The summed E-state index contributed by atoms with van der Waals surface area (Å²) in [6.45, 7) is 17.8. The largest absolute Gasteiger partial charge is 0.360 e. The maximum atomic E-state index is 12.9. The molecule has 28 heavy (non-hydrogen) atoms. The van der Waals surface area contributed by atoms with Gasteiger partial charge in [0, 0.05) is 25.6 Å². The van der Waals surface area contributed by atoms with Gasteiger partial charge in [-0.3, -0.25) is 9.59 Å². The second kappa shape index (κ2) is 11.2. The van der Waals surface area contributed by atoms with Crippen molar-refractivity contribution in [3.05, 3.63) is 11.8 Å². The number of amides is 2. The Balaban J connectivity index is 2.73. The summed E-state index contributed by atoms with van der Waals surface area (Å²) in [4.78, 5) is 29.3. The summed E-state index contributed by atoms with van der Waals surface area (Å²) in [5, 5.41) is 6.48. The van der Waals surface area contributed by atoms with Gasteiger partial charge in [0.25, 0.3) is 0 Å². The molecule has 0 aliphatic heterocycles. The zero-order valence-corrected chi connectivity index (χ0v) is 18.7. The highest BCUT2D eigenvalue weighted by atomic mass is 16.5. The van der Waals surface area contributed by atoms with E-state index >= 15 is 0 Å². The summed E-state index contributed by atoms with van der Waals surface area (Å²) in [7, 11) is 0. The molecule has 0 fully saturated rings. The van der Waals surface area contributed by atoms with Gasteiger partial charge in [0.1, 0.15) is 5.76 Å². The van der Waals surface area contributed by atoms with Crippen molar-refractivity contribution in [2.45, 2.75) is 61.3 Å². The Kier molecular flexibility index (Phi) is 9.65. The van der Waals surface area contributed by atoms with Crippen molar-refractivity contribution in [2.75, 3.05) is 38.0 Å². The summed E-state index contributed by atoms with van der Waals surface area (Å²) in [5.41, 5.74) is 0.175. The van der Waals surface area contributed by atoms with Gasteiger partial charge >= 0.3 is 0 Å². The lowest BCUT2D eigenvalue weighted by Crippen LogP contribution is -2.43. The van der Waals surface area contributed by atoms with Crippen LogP contribution in [0.25, 0.3) is 0 Å². The molecule has 0 bridgehead atoms. The van der Waals surface area contributed by atoms with Crippen LogP contribution in [-0.4, -0.2) is 59.5 Å². The van der Waals surface area contributed by atoms with Crippen LogP contribution in [0.5, 0.6) is 0 Å². The number of anilines is 1. The average Bonchev–Trinajstić information content (AvgIpc) is 2.97. The van der Waals surface area contributed by atoms with E-state index in [2.05, 4.69) is 56.9 Å². The van der Waals surface area contributed by atoms with Gasteiger partial charge in [-0.2, -0.15) is 0 Å². The van der Waals surface area contributed by atoms with E-state index in [-0.39, 0.29) is 29.7 Å². The minimum atomic E-state index is -0.260. The fourth-order valence-electron chi connectivity index (χ4n) is 3.42. The Hall–Kier alpha value is -1.89. The van der Waals surface area contributed by atoms with Crippen LogP contribution >= 0.6 is 0 Å². The van der Waals surface area contributed by atoms with Gasteiger partial charge in [0.05, 0.1) is 6.54 Å². The minimum absolute atomic E-state index is 0.0221. The average molecular weight is 395 g/mol. The quantitative estimate of drug-likeness (QED) is 0.621. The number of likely N-dealkylation sites (N-methyl/N-ethyl adjacent to an activating group) is 1. The minimum Gasteiger partial charge on any atom is -0.360 e. The number of carbonyl (C=O) groups is 2. The normalized spacial score (nSPS) is 12.9. The molecule has 1 rings (SSSR count). The van der Waals surface area contributed by atoms with Gasteiger partial charge < -0.3 is 19.6 Å². The van der Waals surface area contributed by atoms with E-state index in [9.17, 15) is 9.59 Å². The fourth-order valence-corrected chi connectivity index (χ4v) is 3.42. The number of nitrogens with zero attached hydrogens (tertiary/aromatic N) is 3. The highest BCUT2D eigenvalue weighted by molar-refractivity contribution is 5.93. The van der Waals surface area contributed by atoms with Crippen LogP contribution in [-0.2, 0) is 9.59 Å². The first kappa shape index (κ1) is 24.1. The van der Waals surface area contributed by atoms with Gasteiger partial charge in [-0.15, -0.1) is 0 Å². The monoisotopic (exact) mass is 394 g/mol. The highest BCUT2D eigenvalue weighted by Crippen LogP contribution is 2.26. The predicted octanol–water partition coefficient (Wildman–Crippen LogP) is 3.55. The molecular formula is C21H38N4O3. The molecule has 7 nitrogen and oxygen atoms in total. The van der Waals surface area contributed by atoms with Gasteiger partial charge in [-0.05, 0) is 37.8 Å². The summed E-state index contributed by atoms with van der Waals surface area (Å²) in [5.74, 6) is 1.03. The van der Waals surface area contributed by atoms with Gasteiger partial charge in [-0.1, -0.05) is 46.7 Å². The molecule has 0 radical (unpaired) electrons. The predicted molar refractivity (Wildman–Crippen MR) is 112 cm³/mol. The van der Waals surface area contributed by atoms with E-state index in [1.54, 1.807) is 17.9 Å². The van der Waals surface area contributed by atoms with E-state index in [1.165, 1.54) is 0 Å². The van der Waals surface area contributed by atoms with Crippen molar-refractivity contribution in [2.24, 2.45) is 11.3 Å². The van der Waals surface area contributed by atoms with Crippen molar-refractivity contribution in [1.82, 2.24) is 15.0 Å². The molecule has 0 aromatic carbocycles. The number of rotatable bonds is 11. The summed E-state index contributed by atoms with van der Waals surface area (Å²) >= 11 is 0. The first-order chi connectivity index (χ1) is 13.0. The molecule has 0 aliphatic carbocycles. The number of hydrogen-bond donors (Lipinski definition) is 1. The Morgan fingerprint density at radius 1 is 1.21 bits per heavy atom. The Morgan fingerprint density at radius 3 is 2.36 bits per heavy atom. The van der Waals surface area contributed by atoms with Crippen molar-refractivity contribution in [1.29, 1.82) is 0 Å². The molecule has 0 saturated heterocycles. The lowest BCUT2D eigenvalue weighted by Gasteiger charge is -2.28. The van der Waals surface area contributed by atoms with E-state index in [4.69, 9.17) is 4.52 Å². The molecule has 1 unspecified atom stereocenters. The number of carbonyl (C=O) groups excluding carboxylic acids is 2. The zero-order valence-electron chi connectivity index (χ0n) is 18.7. The number of hydrogen-bond acceptors (Lipinski definition) is 5. The molecule has 1 N–H and O–H groups in total. The van der Waals surface area contributed by atoms with Crippen LogP contribution in [0.1, 0.15) is 60.1 Å². The van der Waals surface area contributed by atoms with E-state index < -0.39 is 0 Å². The first-order valence-electron chi connectivity index (χ1n) is 10.3. The van der Waals surface area contributed by atoms with Crippen LogP contribution in [0.2, 0.25) is 0 Å². The molecule has 1 heterocycles. The number of nitrogens with one attached hydrogen (secondary N) is 1. The molecule has 1 atom stereocenters. The molecule has 160 valence electrons. The fraction of sp³-hybridized carbons (Fsp3) is 0.762.